The zero-order valence-corrected chi connectivity index (χ0v) is 18.6. The lowest BCUT2D eigenvalue weighted by atomic mass is 10.1. The van der Waals surface area contributed by atoms with Gasteiger partial charge in [0.25, 0.3) is 5.56 Å². The molecule has 0 spiro atoms. The van der Waals surface area contributed by atoms with Crippen molar-refractivity contribution in [3.05, 3.63) is 50.4 Å². The maximum Gasteiger partial charge on any atom is 0.332 e. The van der Waals surface area contributed by atoms with Gasteiger partial charge in [0.15, 0.2) is 11.2 Å². The van der Waals surface area contributed by atoms with Crippen LogP contribution >= 0.6 is 0 Å². The number of rotatable bonds is 4. The fourth-order valence-electron chi connectivity index (χ4n) is 4.06. The summed E-state index contributed by atoms with van der Waals surface area (Å²) < 4.78 is 4.20. The van der Waals surface area contributed by atoms with Crippen LogP contribution in [0.2, 0.25) is 0 Å². The minimum absolute atomic E-state index is 0. The van der Waals surface area contributed by atoms with Gasteiger partial charge >= 0.3 is 5.69 Å². The van der Waals surface area contributed by atoms with Crippen LogP contribution in [0.5, 0.6) is 0 Å². The number of nitriles is 1. The Morgan fingerprint density at radius 3 is 2.79 bits per heavy atom. The quantitative estimate of drug-likeness (QED) is 0.516. The van der Waals surface area contributed by atoms with Gasteiger partial charge in [-0.2, -0.15) is 10.2 Å². The second-order valence-corrected chi connectivity index (χ2v) is 7.79. The number of hydrogen-bond acceptors (Lipinski definition) is 7. The molecule has 3 aromatic heterocycles. The van der Waals surface area contributed by atoms with E-state index in [4.69, 9.17) is 5.73 Å². The van der Waals surface area contributed by atoms with Gasteiger partial charge in [-0.15, -0.1) is 5.92 Å². The van der Waals surface area contributed by atoms with Crippen molar-refractivity contribution >= 4 is 17.1 Å². The van der Waals surface area contributed by atoms with Crippen molar-refractivity contribution in [3.63, 3.8) is 0 Å². The van der Waals surface area contributed by atoms with Crippen molar-refractivity contribution in [2.45, 2.75) is 38.9 Å². The van der Waals surface area contributed by atoms with Crippen molar-refractivity contribution in [3.8, 4) is 17.9 Å². The molecule has 11 heteroatoms. The number of aryl methyl sites for hydroxylation is 1. The molecule has 4 heterocycles. The molecule has 1 atom stereocenters. The molecule has 1 aliphatic rings. The molecule has 3 aromatic rings. The Kier molecular flexibility index (Phi) is 6.97. The topological polar surface area (TPSA) is 159 Å². The molecule has 1 fully saturated rings. The van der Waals surface area contributed by atoms with Gasteiger partial charge in [-0.1, -0.05) is 5.92 Å². The number of fused-ring (bicyclic) bond motifs is 1. The summed E-state index contributed by atoms with van der Waals surface area (Å²) in [4.78, 5) is 37.5. The first kappa shape index (κ1) is 23.7. The standard InChI is InChI=1S/C22H24N8O2.H2O/c1-3-4-11-29-18-19(26-21(29)28-10-6-8-16(24)13-28)27(2)22(32)30(20(18)31)14-17-15(12-23)7-5-9-25-17;/h5,7,9,16H,6,8,10-11,13-14,24H2,1-2H3;1H2/t16-;/m0./s1. The molecule has 11 nitrogen and oxygen atoms in total. The summed E-state index contributed by atoms with van der Waals surface area (Å²) in [6, 6.07) is 5.32. The maximum atomic E-state index is 13.5. The zero-order chi connectivity index (χ0) is 22.8. The van der Waals surface area contributed by atoms with E-state index in [2.05, 4.69) is 27.9 Å². The molecule has 1 saturated heterocycles. The summed E-state index contributed by atoms with van der Waals surface area (Å²) in [5, 5.41) is 9.37. The number of pyridine rings is 1. The molecule has 0 amide bonds. The Morgan fingerprint density at radius 2 is 2.09 bits per heavy atom. The number of nitrogens with two attached hydrogens (primary N) is 1. The molecule has 4 rings (SSSR count). The molecule has 4 N–H and O–H groups in total. The van der Waals surface area contributed by atoms with Crippen molar-refractivity contribution in [2.75, 3.05) is 18.0 Å². The monoisotopic (exact) mass is 450 g/mol. The average molecular weight is 451 g/mol. The molecule has 0 aromatic carbocycles. The van der Waals surface area contributed by atoms with Gasteiger partial charge in [0.1, 0.15) is 6.07 Å². The number of imidazole rings is 1. The highest BCUT2D eigenvalue weighted by molar-refractivity contribution is 5.75. The lowest BCUT2D eigenvalue weighted by Gasteiger charge is -2.31. The van der Waals surface area contributed by atoms with Crippen LogP contribution in [-0.2, 0) is 20.1 Å². The summed E-state index contributed by atoms with van der Waals surface area (Å²) in [7, 11) is 1.58. The van der Waals surface area contributed by atoms with E-state index >= 15 is 0 Å². The SMILES string of the molecule is CC#CCn1c(N2CCC[C@H](N)C2)nc2c1c(=O)n(Cc1ncccc1C#N)c(=O)n2C.O. The minimum Gasteiger partial charge on any atom is -0.412 e. The molecular weight excluding hydrogens is 424 g/mol. The van der Waals surface area contributed by atoms with E-state index in [0.29, 0.717) is 34.9 Å². The normalized spacial score (nSPS) is 15.5. The van der Waals surface area contributed by atoms with Crippen LogP contribution in [0.3, 0.4) is 0 Å². The number of nitrogens with zero attached hydrogens (tertiary/aromatic N) is 7. The highest BCUT2D eigenvalue weighted by Crippen LogP contribution is 2.22. The lowest BCUT2D eigenvalue weighted by Crippen LogP contribution is -2.44. The van der Waals surface area contributed by atoms with E-state index in [1.54, 1.807) is 30.7 Å². The van der Waals surface area contributed by atoms with Gasteiger partial charge in [0.05, 0.1) is 24.3 Å². The molecule has 1 aliphatic heterocycles. The highest BCUT2D eigenvalue weighted by atomic mass is 16.2. The maximum absolute atomic E-state index is 13.5. The lowest BCUT2D eigenvalue weighted by molar-refractivity contribution is 0.496. The third kappa shape index (κ3) is 4.24. The van der Waals surface area contributed by atoms with Gasteiger partial charge < -0.3 is 16.1 Å². The third-order valence-electron chi connectivity index (χ3n) is 5.69. The molecule has 0 aliphatic carbocycles. The van der Waals surface area contributed by atoms with Crippen LogP contribution in [0.25, 0.3) is 11.2 Å². The van der Waals surface area contributed by atoms with E-state index in [9.17, 15) is 14.9 Å². The van der Waals surface area contributed by atoms with Gasteiger partial charge in [-0.05, 0) is 31.9 Å². The van der Waals surface area contributed by atoms with Gasteiger partial charge in [-0.25, -0.2) is 4.79 Å². The molecule has 172 valence electrons. The Morgan fingerprint density at radius 1 is 1.30 bits per heavy atom. The molecule has 0 bridgehead atoms. The summed E-state index contributed by atoms with van der Waals surface area (Å²) in [5.41, 5.74) is 6.41. The summed E-state index contributed by atoms with van der Waals surface area (Å²) >= 11 is 0. The highest BCUT2D eigenvalue weighted by Gasteiger charge is 2.26. The van der Waals surface area contributed by atoms with Gasteiger partial charge in [0.2, 0.25) is 5.95 Å². The fraction of sp³-hybridized carbons (Fsp3) is 0.409. The molecule has 0 unspecified atom stereocenters. The fourth-order valence-corrected chi connectivity index (χ4v) is 4.06. The first-order chi connectivity index (χ1) is 15.5. The largest absolute Gasteiger partial charge is 0.412 e. The molecule has 33 heavy (non-hydrogen) atoms. The number of piperidine rings is 1. The smallest absolute Gasteiger partial charge is 0.332 e. The van der Waals surface area contributed by atoms with E-state index in [0.717, 1.165) is 24.0 Å². The molecule has 0 radical (unpaired) electrons. The second kappa shape index (κ2) is 9.69. The van der Waals surface area contributed by atoms with Gasteiger partial charge in [0, 0.05) is 32.4 Å². The Hall–Kier alpha value is -3.93. The van der Waals surface area contributed by atoms with E-state index in [-0.39, 0.29) is 24.6 Å². The van der Waals surface area contributed by atoms with Crippen molar-refractivity contribution < 1.29 is 5.48 Å². The summed E-state index contributed by atoms with van der Waals surface area (Å²) in [6.07, 6.45) is 3.38. The van der Waals surface area contributed by atoms with E-state index < -0.39 is 11.2 Å². The Bertz CT molecular complexity index is 1400. The number of aromatic nitrogens is 5. The number of anilines is 1. The predicted molar refractivity (Wildman–Crippen MR) is 124 cm³/mol. The van der Waals surface area contributed by atoms with Crippen LogP contribution in [0.4, 0.5) is 5.95 Å². The summed E-state index contributed by atoms with van der Waals surface area (Å²) in [6.45, 7) is 3.26. The summed E-state index contributed by atoms with van der Waals surface area (Å²) in [5.74, 6) is 6.45. The minimum atomic E-state index is -0.523. The van der Waals surface area contributed by atoms with Gasteiger partial charge in [-0.3, -0.25) is 23.5 Å². The van der Waals surface area contributed by atoms with Crippen LogP contribution in [0.15, 0.2) is 27.9 Å². The van der Waals surface area contributed by atoms with Crippen molar-refractivity contribution in [1.29, 1.82) is 5.26 Å². The van der Waals surface area contributed by atoms with Crippen molar-refractivity contribution in [1.82, 2.24) is 23.7 Å². The third-order valence-corrected chi connectivity index (χ3v) is 5.69. The van der Waals surface area contributed by atoms with E-state index in [1.165, 1.54) is 10.8 Å². The zero-order valence-electron chi connectivity index (χ0n) is 18.6. The first-order valence-corrected chi connectivity index (χ1v) is 10.4. The Labute approximate surface area is 190 Å². The average Bonchev–Trinajstić information content (AvgIpc) is 3.19. The first-order valence-electron chi connectivity index (χ1n) is 10.4. The molecule has 0 saturated carbocycles. The van der Waals surface area contributed by atoms with Crippen LogP contribution < -0.4 is 21.9 Å². The Balaban J connectivity index is 0.00000306. The van der Waals surface area contributed by atoms with Crippen molar-refractivity contribution in [2.24, 2.45) is 12.8 Å². The van der Waals surface area contributed by atoms with Crippen LogP contribution in [0, 0.1) is 23.2 Å². The number of hydrogen-bond donors (Lipinski definition) is 1. The predicted octanol–water partition coefficient (Wildman–Crippen LogP) is -0.662. The van der Waals surface area contributed by atoms with Crippen LogP contribution in [-0.4, -0.2) is 48.3 Å². The molecular formula is C22H26N8O3. The van der Waals surface area contributed by atoms with E-state index in [1.807, 2.05) is 4.90 Å². The van der Waals surface area contributed by atoms with Crippen LogP contribution in [0.1, 0.15) is 31.0 Å². The second-order valence-electron chi connectivity index (χ2n) is 7.79.